The third kappa shape index (κ3) is 3.08. The summed E-state index contributed by atoms with van der Waals surface area (Å²) in [5, 5.41) is 12.6. The molecule has 0 bridgehead atoms. The lowest BCUT2D eigenvalue weighted by Crippen LogP contribution is -2.36. The van der Waals surface area contributed by atoms with Gasteiger partial charge in [-0.25, -0.2) is 0 Å². The standard InChI is InChI=1S/C14H24N2O3/c1-2-14(13(18)19)6-8-16(10-14)12(17)4-3-11-5-7-15-9-11/h11,15H,2-10H2,1H3,(H,18,19). The van der Waals surface area contributed by atoms with Crippen LogP contribution in [0.2, 0.25) is 0 Å². The van der Waals surface area contributed by atoms with Gasteiger partial charge in [-0.15, -0.1) is 0 Å². The molecule has 0 radical (unpaired) electrons. The molecule has 0 aliphatic carbocycles. The van der Waals surface area contributed by atoms with Crippen LogP contribution in [0.3, 0.4) is 0 Å². The number of aliphatic carboxylic acids is 1. The van der Waals surface area contributed by atoms with Crippen molar-refractivity contribution in [1.82, 2.24) is 10.2 Å². The first-order valence-corrected chi connectivity index (χ1v) is 7.29. The van der Waals surface area contributed by atoms with E-state index in [4.69, 9.17) is 0 Å². The van der Waals surface area contributed by atoms with E-state index in [1.807, 2.05) is 6.92 Å². The van der Waals surface area contributed by atoms with E-state index in [1.54, 1.807) is 4.90 Å². The molecule has 0 aromatic heterocycles. The molecular formula is C14H24N2O3. The Hall–Kier alpha value is -1.10. The number of amides is 1. The van der Waals surface area contributed by atoms with Gasteiger partial charge in [0.15, 0.2) is 0 Å². The van der Waals surface area contributed by atoms with E-state index in [0.29, 0.717) is 38.3 Å². The first-order chi connectivity index (χ1) is 9.07. The average Bonchev–Trinajstić information content (AvgIpc) is 3.05. The van der Waals surface area contributed by atoms with Gasteiger partial charge >= 0.3 is 5.97 Å². The number of carbonyl (C=O) groups excluding carboxylic acids is 1. The molecule has 1 amide bonds. The average molecular weight is 268 g/mol. The van der Waals surface area contributed by atoms with Gasteiger partial charge < -0.3 is 15.3 Å². The molecule has 2 saturated heterocycles. The van der Waals surface area contributed by atoms with Gasteiger partial charge in [0.05, 0.1) is 5.41 Å². The largest absolute Gasteiger partial charge is 0.481 e. The highest BCUT2D eigenvalue weighted by Gasteiger charge is 2.44. The summed E-state index contributed by atoms with van der Waals surface area (Å²) < 4.78 is 0. The molecule has 0 saturated carbocycles. The SMILES string of the molecule is CCC1(C(=O)O)CCN(C(=O)CCC2CCNC2)C1. The predicted octanol–water partition coefficient (Wildman–Crippen LogP) is 1.09. The number of carboxylic acid groups (broad SMARTS) is 1. The van der Waals surface area contributed by atoms with Crippen LogP contribution in [0, 0.1) is 11.3 Å². The van der Waals surface area contributed by atoms with Gasteiger partial charge in [-0.05, 0) is 44.7 Å². The number of carboxylic acids is 1. The molecule has 0 aromatic carbocycles. The van der Waals surface area contributed by atoms with E-state index < -0.39 is 11.4 Å². The fourth-order valence-electron chi connectivity index (χ4n) is 3.15. The van der Waals surface area contributed by atoms with Gasteiger partial charge in [0, 0.05) is 19.5 Å². The minimum Gasteiger partial charge on any atom is -0.481 e. The normalized spacial score (nSPS) is 30.8. The van der Waals surface area contributed by atoms with Crippen LogP contribution in [0.25, 0.3) is 0 Å². The summed E-state index contributed by atoms with van der Waals surface area (Å²) in [4.78, 5) is 25.2. The number of nitrogens with one attached hydrogen (secondary N) is 1. The monoisotopic (exact) mass is 268 g/mol. The predicted molar refractivity (Wildman–Crippen MR) is 71.8 cm³/mol. The molecule has 108 valence electrons. The van der Waals surface area contributed by atoms with Gasteiger partial charge in [-0.3, -0.25) is 9.59 Å². The van der Waals surface area contributed by atoms with Crippen LogP contribution in [-0.4, -0.2) is 48.1 Å². The topological polar surface area (TPSA) is 69.6 Å². The maximum absolute atomic E-state index is 12.1. The van der Waals surface area contributed by atoms with Crippen LogP contribution in [0.4, 0.5) is 0 Å². The zero-order valence-electron chi connectivity index (χ0n) is 11.7. The molecule has 2 heterocycles. The lowest BCUT2D eigenvalue weighted by Gasteiger charge is -2.23. The Balaban J connectivity index is 1.82. The van der Waals surface area contributed by atoms with E-state index in [0.717, 1.165) is 25.9 Å². The molecule has 0 spiro atoms. The Bertz CT molecular complexity index is 353. The third-order valence-corrected chi connectivity index (χ3v) is 4.77. The summed E-state index contributed by atoms with van der Waals surface area (Å²) in [7, 11) is 0. The zero-order valence-corrected chi connectivity index (χ0v) is 11.7. The van der Waals surface area contributed by atoms with Crippen LogP contribution in [0.15, 0.2) is 0 Å². The summed E-state index contributed by atoms with van der Waals surface area (Å²) >= 11 is 0. The van der Waals surface area contributed by atoms with E-state index in [9.17, 15) is 14.7 Å². The molecule has 5 nitrogen and oxygen atoms in total. The van der Waals surface area contributed by atoms with Crippen LogP contribution in [0.5, 0.6) is 0 Å². The van der Waals surface area contributed by atoms with Gasteiger partial charge in [-0.1, -0.05) is 6.92 Å². The van der Waals surface area contributed by atoms with Gasteiger partial charge in [0.1, 0.15) is 0 Å². The third-order valence-electron chi connectivity index (χ3n) is 4.77. The van der Waals surface area contributed by atoms with E-state index in [2.05, 4.69) is 5.32 Å². The van der Waals surface area contributed by atoms with Crippen molar-refractivity contribution in [3.05, 3.63) is 0 Å². The highest BCUT2D eigenvalue weighted by atomic mass is 16.4. The Morgan fingerprint density at radius 1 is 1.47 bits per heavy atom. The maximum atomic E-state index is 12.1. The van der Waals surface area contributed by atoms with Crippen LogP contribution in [0.1, 0.15) is 39.0 Å². The first kappa shape index (κ1) is 14.3. The molecule has 19 heavy (non-hydrogen) atoms. The lowest BCUT2D eigenvalue weighted by atomic mass is 9.84. The van der Waals surface area contributed by atoms with Crippen LogP contribution in [-0.2, 0) is 9.59 Å². The number of carbonyl (C=O) groups is 2. The van der Waals surface area contributed by atoms with Crippen molar-refractivity contribution in [2.75, 3.05) is 26.2 Å². The second-order valence-electron chi connectivity index (χ2n) is 5.90. The molecule has 0 aromatic rings. The Kier molecular flexibility index (Phi) is 4.45. The Labute approximate surface area is 114 Å². The summed E-state index contributed by atoms with van der Waals surface area (Å²) in [6, 6.07) is 0. The molecule has 2 rings (SSSR count). The molecule has 2 N–H and O–H groups in total. The van der Waals surface area contributed by atoms with E-state index in [-0.39, 0.29) is 5.91 Å². The highest BCUT2D eigenvalue weighted by molar-refractivity contribution is 5.80. The molecule has 2 atom stereocenters. The van der Waals surface area contributed by atoms with Crippen molar-refractivity contribution in [3.8, 4) is 0 Å². The van der Waals surface area contributed by atoms with Crippen LogP contribution < -0.4 is 5.32 Å². The van der Waals surface area contributed by atoms with Gasteiger partial charge in [0.2, 0.25) is 5.91 Å². The van der Waals surface area contributed by atoms with Crippen molar-refractivity contribution < 1.29 is 14.7 Å². The minimum atomic E-state index is -0.759. The summed E-state index contributed by atoms with van der Waals surface area (Å²) in [6.45, 7) is 4.95. The highest BCUT2D eigenvalue weighted by Crippen LogP contribution is 2.34. The second-order valence-corrected chi connectivity index (χ2v) is 5.90. The summed E-state index contributed by atoms with van der Waals surface area (Å²) in [5.41, 5.74) is -0.704. The number of hydrogen-bond donors (Lipinski definition) is 2. The van der Waals surface area contributed by atoms with E-state index >= 15 is 0 Å². The summed E-state index contributed by atoms with van der Waals surface area (Å²) in [5.74, 6) is -0.0178. The molecule has 2 fully saturated rings. The smallest absolute Gasteiger partial charge is 0.311 e. The Morgan fingerprint density at radius 2 is 2.26 bits per heavy atom. The fourth-order valence-corrected chi connectivity index (χ4v) is 3.15. The fraction of sp³-hybridized carbons (Fsp3) is 0.857. The molecular weight excluding hydrogens is 244 g/mol. The number of hydrogen-bond acceptors (Lipinski definition) is 3. The van der Waals surface area contributed by atoms with Crippen molar-refractivity contribution in [2.45, 2.75) is 39.0 Å². The quantitative estimate of drug-likeness (QED) is 0.783. The van der Waals surface area contributed by atoms with E-state index in [1.165, 1.54) is 0 Å². The van der Waals surface area contributed by atoms with Crippen molar-refractivity contribution in [1.29, 1.82) is 0 Å². The maximum Gasteiger partial charge on any atom is 0.311 e. The molecule has 2 aliphatic rings. The summed E-state index contributed by atoms with van der Waals surface area (Å²) in [6.07, 6.45) is 3.83. The van der Waals surface area contributed by atoms with Crippen molar-refractivity contribution >= 4 is 11.9 Å². The lowest BCUT2D eigenvalue weighted by molar-refractivity contribution is -0.148. The molecule has 2 unspecified atom stereocenters. The number of nitrogens with zero attached hydrogens (tertiary/aromatic N) is 1. The number of rotatable bonds is 5. The molecule has 2 aliphatic heterocycles. The molecule has 5 heteroatoms. The number of likely N-dealkylation sites (tertiary alicyclic amines) is 1. The Morgan fingerprint density at radius 3 is 2.79 bits per heavy atom. The van der Waals surface area contributed by atoms with Gasteiger partial charge in [-0.2, -0.15) is 0 Å². The second kappa shape index (κ2) is 5.90. The van der Waals surface area contributed by atoms with Crippen LogP contribution >= 0.6 is 0 Å². The van der Waals surface area contributed by atoms with Crippen molar-refractivity contribution in [2.24, 2.45) is 11.3 Å². The minimum absolute atomic E-state index is 0.128. The van der Waals surface area contributed by atoms with Crippen molar-refractivity contribution in [3.63, 3.8) is 0 Å². The first-order valence-electron chi connectivity index (χ1n) is 7.29. The zero-order chi connectivity index (χ0) is 13.9. The van der Waals surface area contributed by atoms with Gasteiger partial charge in [0.25, 0.3) is 0 Å².